The number of rotatable bonds is 5. The summed E-state index contributed by atoms with van der Waals surface area (Å²) in [6.07, 6.45) is 1.97. The van der Waals surface area contributed by atoms with Crippen LogP contribution in [-0.4, -0.2) is 18.0 Å². The van der Waals surface area contributed by atoms with E-state index < -0.39 is 6.03 Å². The van der Waals surface area contributed by atoms with Gasteiger partial charge in [0.05, 0.1) is 10.6 Å². The van der Waals surface area contributed by atoms with Gasteiger partial charge in [0, 0.05) is 28.3 Å². The average Bonchev–Trinajstić information content (AvgIpc) is 3.39. The number of urea groups is 1. The second-order valence-electron chi connectivity index (χ2n) is 5.99. The minimum absolute atomic E-state index is 0.225. The van der Waals surface area contributed by atoms with E-state index in [-0.39, 0.29) is 18.5 Å². The summed E-state index contributed by atoms with van der Waals surface area (Å²) in [5.41, 5.74) is 1.54. The van der Waals surface area contributed by atoms with Crippen molar-refractivity contribution < 1.29 is 9.59 Å². The zero-order valence-electron chi connectivity index (χ0n) is 13.6. The number of carbonyl (C=O) groups is 2. The lowest BCUT2D eigenvalue weighted by atomic mass is 10.2. The van der Waals surface area contributed by atoms with Crippen LogP contribution in [0.5, 0.6) is 0 Å². The van der Waals surface area contributed by atoms with Crippen molar-refractivity contribution in [2.24, 2.45) is 0 Å². The summed E-state index contributed by atoms with van der Waals surface area (Å²) in [7, 11) is 0. The average molecular weight is 413 g/mol. The van der Waals surface area contributed by atoms with Gasteiger partial charge >= 0.3 is 6.03 Å². The Bertz CT molecular complexity index is 854. The number of carbonyl (C=O) groups excluding carboxylic acids is 2. The van der Waals surface area contributed by atoms with Crippen molar-refractivity contribution in [2.45, 2.75) is 25.4 Å². The lowest BCUT2D eigenvalue weighted by molar-refractivity contribution is 0.0951. The number of hydrogen-bond donors (Lipinski definition) is 3. The summed E-state index contributed by atoms with van der Waals surface area (Å²) in [6.45, 7) is 0.241. The minimum Gasteiger partial charge on any atom is -0.349 e. The second kappa shape index (κ2) is 8.16. The maximum absolute atomic E-state index is 12.2. The maximum Gasteiger partial charge on any atom is 0.319 e. The number of anilines is 1. The molecule has 1 fully saturated rings. The molecule has 1 aliphatic rings. The van der Waals surface area contributed by atoms with Crippen molar-refractivity contribution in [1.82, 2.24) is 10.6 Å². The van der Waals surface area contributed by atoms with E-state index in [9.17, 15) is 9.59 Å². The Kier molecular flexibility index (Phi) is 5.91. The molecule has 3 rings (SSSR count). The molecule has 3 N–H and O–H groups in total. The van der Waals surface area contributed by atoms with Crippen LogP contribution in [0.4, 0.5) is 10.5 Å². The van der Waals surface area contributed by atoms with E-state index in [1.807, 2.05) is 0 Å². The predicted octanol–water partition coefficient (Wildman–Crippen LogP) is 4.86. The molecule has 0 spiro atoms. The Morgan fingerprint density at radius 1 is 1.00 bits per heavy atom. The highest BCUT2D eigenvalue weighted by Crippen LogP contribution is 2.24. The van der Waals surface area contributed by atoms with E-state index in [1.54, 1.807) is 36.4 Å². The van der Waals surface area contributed by atoms with Gasteiger partial charge in [0.25, 0.3) is 5.91 Å². The van der Waals surface area contributed by atoms with E-state index in [0.717, 1.165) is 18.4 Å². The standard InChI is InChI=1S/C18H16Cl3N3O2/c19-11-2-1-10(16(21)7-11)9-22-18(26)24-13-5-6-15(20)14(8-13)17(25)23-12-3-4-12/h1-2,5-8,12H,3-4,9H2,(H,23,25)(H2,22,24,26). The molecule has 5 nitrogen and oxygen atoms in total. The normalized spacial score (nSPS) is 13.2. The van der Waals surface area contributed by atoms with Gasteiger partial charge in [-0.05, 0) is 48.7 Å². The number of nitrogens with one attached hydrogen (secondary N) is 3. The second-order valence-corrected chi connectivity index (χ2v) is 7.24. The third kappa shape index (κ3) is 5.04. The lowest BCUT2D eigenvalue weighted by Gasteiger charge is -2.11. The Morgan fingerprint density at radius 3 is 2.46 bits per heavy atom. The largest absolute Gasteiger partial charge is 0.349 e. The highest BCUT2D eigenvalue weighted by atomic mass is 35.5. The fourth-order valence-electron chi connectivity index (χ4n) is 2.28. The van der Waals surface area contributed by atoms with Crippen LogP contribution in [-0.2, 0) is 6.54 Å². The minimum atomic E-state index is -0.424. The number of amides is 3. The molecule has 0 heterocycles. The van der Waals surface area contributed by atoms with Gasteiger partial charge in [-0.25, -0.2) is 4.79 Å². The lowest BCUT2D eigenvalue weighted by Crippen LogP contribution is -2.29. The molecule has 2 aromatic rings. The van der Waals surface area contributed by atoms with E-state index in [4.69, 9.17) is 34.8 Å². The molecule has 0 aromatic heterocycles. The van der Waals surface area contributed by atoms with Crippen LogP contribution in [0.25, 0.3) is 0 Å². The van der Waals surface area contributed by atoms with Crippen molar-refractivity contribution in [3.8, 4) is 0 Å². The van der Waals surface area contributed by atoms with Crippen molar-refractivity contribution in [1.29, 1.82) is 0 Å². The van der Waals surface area contributed by atoms with Gasteiger partial charge in [0.15, 0.2) is 0 Å². The fourth-order valence-corrected chi connectivity index (χ4v) is 2.96. The maximum atomic E-state index is 12.2. The molecule has 3 amide bonds. The van der Waals surface area contributed by atoms with Gasteiger partial charge in [-0.2, -0.15) is 0 Å². The van der Waals surface area contributed by atoms with E-state index in [0.29, 0.717) is 26.3 Å². The zero-order chi connectivity index (χ0) is 18.7. The molecule has 0 saturated heterocycles. The molecule has 1 saturated carbocycles. The topological polar surface area (TPSA) is 70.2 Å². The Labute approximate surface area is 166 Å². The van der Waals surface area contributed by atoms with Gasteiger partial charge in [-0.3, -0.25) is 4.79 Å². The van der Waals surface area contributed by atoms with Crippen LogP contribution in [0.2, 0.25) is 15.1 Å². The van der Waals surface area contributed by atoms with E-state index in [1.165, 1.54) is 0 Å². The van der Waals surface area contributed by atoms with Crippen molar-refractivity contribution in [2.75, 3.05) is 5.32 Å². The van der Waals surface area contributed by atoms with Gasteiger partial charge in [0.2, 0.25) is 0 Å². The molecule has 8 heteroatoms. The summed E-state index contributed by atoms with van der Waals surface area (Å²) in [5, 5.41) is 9.59. The molecule has 1 aliphatic carbocycles. The zero-order valence-corrected chi connectivity index (χ0v) is 15.9. The molecule has 0 bridgehead atoms. The summed E-state index contributed by atoms with van der Waals surface area (Å²) in [4.78, 5) is 24.3. The summed E-state index contributed by atoms with van der Waals surface area (Å²) < 4.78 is 0. The molecule has 0 radical (unpaired) electrons. The van der Waals surface area contributed by atoms with Crippen LogP contribution in [0.15, 0.2) is 36.4 Å². The summed E-state index contributed by atoms with van der Waals surface area (Å²) in [6, 6.07) is 9.62. The summed E-state index contributed by atoms with van der Waals surface area (Å²) >= 11 is 18.0. The fraction of sp³-hybridized carbons (Fsp3) is 0.222. The van der Waals surface area contributed by atoms with Gasteiger partial charge in [-0.1, -0.05) is 40.9 Å². The third-order valence-corrected chi connectivity index (χ3v) is 4.75. The van der Waals surface area contributed by atoms with E-state index >= 15 is 0 Å². The highest BCUT2D eigenvalue weighted by Gasteiger charge is 2.24. The molecule has 0 aliphatic heterocycles. The molecule has 2 aromatic carbocycles. The molecule has 0 atom stereocenters. The highest BCUT2D eigenvalue weighted by molar-refractivity contribution is 6.35. The van der Waals surface area contributed by atoms with E-state index in [2.05, 4.69) is 16.0 Å². The Balaban J connectivity index is 1.60. The summed E-state index contributed by atoms with van der Waals surface area (Å²) in [5.74, 6) is -0.241. The Morgan fingerprint density at radius 2 is 1.77 bits per heavy atom. The quantitative estimate of drug-likeness (QED) is 0.656. The molecule has 26 heavy (non-hydrogen) atoms. The first kappa shape index (κ1) is 18.8. The number of halogens is 3. The van der Waals surface area contributed by atoms with Crippen LogP contribution >= 0.6 is 34.8 Å². The molecule has 136 valence electrons. The molecular formula is C18H16Cl3N3O2. The van der Waals surface area contributed by atoms with Crippen LogP contribution in [0, 0.1) is 0 Å². The van der Waals surface area contributed by atoms with Gasteiger partial charge in [-0.15, -0.1) is 0 Å². The Hall–Kier alpha value is -1.95. The van der Waals surface area contributed by atoms with Crippen molar-refractivity contribution >= 4 is 52.4 Å². The first-order valence-corrected chi connectivity index (χ1v) is 9.15. The predicted molar refractivity (Wildman–Crippen MR) is 104 cm³/mol. The number of benzene rings is 2. The van der Waals surface area contributed by atoms with Crippen LogP contribution < -0.4 is 16.0 Å². The van der Waals surface area contributed by atoms with Crippen LogP contribution in [0.1, 0.15) is 28.8 Å². The molecular weight excluding hydrogens is 397 g/mol. The SMILES string of the molecule is O=C(NCc1ccc(Cl)cc1Cl)Nc1ccc(Cl)c(C(=O)NC2CC2)c1. The first-order chi connectivity index (χ1) is 12.4. The molecule has 0 unspecified atom stereocenters. The van der Waals surface area contributed by atoms with Gasteiger partial charge in [0.1, 0.15) is 0 Å². The smallest absolute Gasteiger partial charge is 0.319 e. The number of hydrogen-bond acceptors (Lipinski definition) is 2. The van der Waals surface area contributed by atoms with Crippen molar-refractivity contribution in [3.05, 3.63) is 62.6 Å². The monoisotopic (exact) mass is 411 g/mol. The van der Waals surface area contributed by atoms with Crippen LogP contribution in [0.3, 0.4) is 0 Å². The van der Waals surface area contributed by atoms with Gasteiger partial charge < -0.3 is 16.0 Å². The first-order valence-electron chi connectivity index (χ1n) is 8.01. The van der Waals surface area contributed by atoms with Crippen molar-refractivity contribution in [3.63, 3.8) is 0 Å². The third-order valence-electron chi connectivity index (χ3n) is 3.84.